The Hall–Kier alpha value is -6.12. The highest BCUT2D eigenvalue weighted by Gasteiger charge is 2.17. The van der Waals surface area contributed by atoms with E-state index < -0.39 is 0 Å². The number of nitrogens with zero attached hydrogens (tertiary/aromatic N) is 1. The number of para-hydroxylation sites is 1. The molecule has 0 saturated carbocycles. The number of fused-ring (bicyclic) bond motifs is 6. The van der Waals surface area contributed by atoms with Gasteiger partial charge >= 0.3 is 0 Å². The van der Waals surface area contributed by atoms with Gasteiger partial charge in [0.2, 0.25) is 0 Å². The normalized spacial score (nSPS) is 11.5. The molecule has 0 N–H and O–H groups in total. The van der Waals surface area contributed by atoms with Crippen molar-refractivity contribution in [2.75, 3.05) is 4.90 Å². The van der Waals surface area contributed by atoms with Crippen molar-refractivity contribution in [1.82, 2.24) is 0 Å². The van der Waals surface area contributed by atoms with E-state index in [2.05, 4.69) is 169 Å². The maximum absolute atomic E-state index is 6.35. The summed E-state index contributed by atoms with van der Waals surface area (Å²) in [6.45, 7) is 0. The maximum Gasteiger partial charge on any atom is 0.137 e. The molecule has 9 aromatic rings. The van der Waals surface area contributed by atoms with Crippen molar-refractivity contribution in [3.8, 4) is 22.3 Å². The van der Waals surface area contributed by atoms with E-state index in [4.69, 9.17) is 4.42 Å². The fraction of sp³-hybridized carbons (Fsp3) is 0. The van der Waals surface area contributed by atoms with Gasteiger partial charge in [0.15, 0.2) is 0 Å². The first kappa shape index (κ1) is 26.3. The molecule has 2 heteroatoms. The first-order chi connectivity index (χ1) is 22.8. The Morgan fingerprint density at radius 3 is 1.57 bits per heavy atom. The zero-order valence-electron chi connectivity index (χ0n) is 25.1. The zero-order chi connectivity index (χ0) is 30.5. The highest BCUT2D eigenvalue weighted by Crippen LogP contribution is 2.41. The highest BCUT2D eigenvalue weighted by atomic mass is 16.3. The molecule has 0 unspecified atom stereocenters. The lowest BCUT2D eigenvalue weighted by Gasteiger charge is -2.26. The second kappa shape index (κ2) is 10.8. The van der Waals surface area contributed by atoms with Gasteiger partial charge in [0.05, 0.1) is 0 Å². The van der Waals surface area contributed by atoms with E-state index >= 15 is 0 Å². The Kier molecular flexibility index (Phi) is 6.17. The smallest absolute Gasteiger partial charge is 0.137 e. The first-order valence-corrected chi connectivity index (χ1v) is 15.7. The largest absolute Gasteiger partial charge is 0.456 e. The van der Waals surface area contributed by atoms with E-state index in [0.717, 1.165) is 39.0 Å². The van der Waals surface area contributed by atoms with Crippen molar-refractivity contribution >= 4 is 60.5 Å². The summed E-state index contributed by atoms with van der Waals surface area (Å²) >= 11 is 0. The Bertz CT molecular complexity index is 2510. The SMILES string of the molecule is c1ccc(-c2ccc(N(c3ccc4c(c3)oc3ccccc34)c3ccc4ccc5ccc(-c6ccccc6)cc5c4c3)cc2)cc1. The van der Waals surface area contributed by atoms with Gasteiger partial charge in [-0.1, -0.05) is 121 Å². The predicted molar refractivity (Wildman–Crippen MR) is 194 cm³/mol. The molecule has 0 spiro atoms. The van der Waals surface area contributed by atoms with Gasteiger partial charge in [-0.15, -0.1) is 0 Å². The third kappa shape index (κ3) is 4.51. The molecule has 9 rings (SSSR count). The van der Waals surface area contributed by atoms with Crippen LogP contribution in [0.15, 0.2) is 180 Å². The van der Waals surface area contributed by atoms with Crippen LogP contribution in [0.4, 0.5) is 17.1 Å². The minimum atomic E-state index is 0.878. The van der Waals surface area contributed by atoms with Crippen LogP contribution in [-0.4, -0.2) is 0 Å². The number of benzene rings is 8. The Labute approximate surface area is 267 Å². The van der Waals surface area contributed by atoms with Crippen molar-refractivity contribution in [3.63, 3.8) is 0 Å². The standard InChI is InChI=1S/C44H29NO/c1-3-9-30(10-4-1)32-19-22-36(23-20-32)45(38-25-26-40-39-13-7-8-14-43(39)46-44(40)29-38)37-24-21-34-16-15-33-17-18-35(27-41(33)42(34)28-37)31-11-5-2-6-12-31/h1-29H. The first-order valence-electron chi connectivity index (χ1n) is 15.7. The third-order valence-electron chi connectivity index (χ3n) is 9.04. The van der Waals surface area contributed by atoms with Crippen LogP contribution in [0.5, 0.6) is 0 Å². The van der Waals surface area contributed by atoms with Gasteiger partial charge in [-0.3, -0.25) is 0 Å². The Balaban J connectivity index is 1.24. The second-order valence-corrected chi connectivity index (χ2v) is 11.8. The van der Waals surface area contributed by atoms with Crippen LogP contribution in [0, 0.1) is 0 Å². The summed E-state index contributed by atoms with van der Waals surface area (Å²) in [6, 6.07) is 62.8. The van der Waals surface area contributed by atoms with E-state index in [1.165, 1.54) is 43.8 Å². The molecule has 0 bridgehead atoms. The molecule has 8 aromatic carbocycles. The molecule has 216 valence electrons. The van der Waals surface area contributed by atoms with E-state index in [1.54, 1.807) is 0 Å². The van der Waals surface area contributed by atoms with Crippen LogP contribution in [-0.2, 0) is 0 Å². The second-order valence-electron chi connectivity index (χ2n) is 11.8. The summed E-state index contributed by atoms with van der Waals surface area (Å²) in [5.74, 6) is 0. The minimum Gasteiger partial charge on any atom is -0.456 e. The molecule has 1 aromatic heterocycles. The molecular weight excluding hydrogens is 558 g/mol. The zero-order valence-corrected chi connectivity index (χ0v) is 25.1. The van der Waals surface area contributed by atoms with E-state index in [9.17, 15) is 0 Å². The van der Waals surface area contributed by atoms with Crippen molar-refractivity contribution in [3.05, 3.63) is 176 Å². The van der Waals surface area contributed by atoms with Crippen molar-refractivity contribution in [2.45, 2.75) is 0 Å². The average Bonchev–Trinajstić information content (AvgIpc) is 3.50. The van der Waals surface area contributed by atoms with Gasteiger partial charge < -0.3 is 9.32 Å². The van der Waals surface area contributed by atoms with E-state index in [0.29, 0.717) is 0 Å². The van der Waals surface area contributed by atoms with E-state index in [1.807, 2.05) is 12.1 Å². The summed E-state index contributed by atoms with van der Waals surface area (Å²) in [5, 5.41) is 7.17. The maximum atomic E-state index is 6.35. The monoisotopic (exact) mass is 587 g/mol. The summed E-state index contributed by atoms with van der Waals surface area (Å²) in [7, 11) is 0. The van der Waals surface area contributed by atoms with Crippen LogP contribution < -0.4 is 4.90 Å². The van der Waals surface area contributed by atoms with Crippen LogP contribution >= 0.6 is 0 Å². The Morgan fingerprint density at radius 2 is 0.804 bits per heavy atom. The summed E-state index contributed by atoms with van der Waals surface area (Å²) < 4.78 is 6.35. The lowest BCUT2D eigenvalue weighted by molar-refractivity contribution is 0.669. The molecule has 46 heavy (non-hydrogen) atoms. The van der Waals surface area contributed by atoms with Gasteiger partial charge in [0, 0.05) is 33.9 Å². The average molecular weight is 588 g/mol. The fourth-order valence-electron chi connectivity index (χ4n) is 6.72. The number of hydrogen-bond donors (Lipinski definition) is 0. The van der Waals surface area contributed by atoms with Crippen LogP contribution in [0.2, 0.25) is 0 Å². The minimum absolute atomic E-state index is 0.878. The van der Waals surface area contributed by atoms with Gasteiger partial charge in [-0.2, -0.15) is 0 Å². The molecule has 0 saturated heterocycles. The molecule has 0 fully saturated rings. The number of furan rings is 1. The Morgan fingerprint density at radius 1 is 0.304 bits per heavy atom. The highest BCUT2D eigenvalue weighted by molar-refractivity contribution is 6.10. The topological polar surface area (TPSA) is 16.4 Å². The summed E-state index contributed by atoms with van der Waals surface area (Å²) in [4.78, 5) is 2.33. The van der Waals surface area contributed by atoms with Gasteiger partial charge in [-0.25, -0.2) is 0 Å². The lowest BCUT2D eigenvalue weighted by atomic mass is 9.96. The molecule has 0 aliphatic heterocycles. The molecule has 0 atom stereocenters. The summed E-state index contributed by atoms with van der Waals surface area (Å²) in [5.41, 5.74) is 9.83. The van der Waals surface area contributed by atoms with Crippen LogP contribution in [0.25, 0.3) is 65.7 Å². The molecule has 0 amide bonds. The van der Waals surface area contributed by atoms with Crippen molar-refractivity contribution in [2.24, 2.45) is 0 Å². The molecule has 0 aliphatic rings. The van der Waals surface area contributed by atoms with Crippen molar-refractivity contribution < 1.29 is 4.42 Å². The van der Waals surface area contributed by atoms with Gasteiger partial charge in [0.25, 0.3) is 0 Å². The van der Waals surface area contributed by atoms with Gasteiger partial charge in [0.1, 0.15) is 11.2 Å². The number of anilines is 3. The molecule has 1 heterocycles. The van der Waals surface area contributed by atoms with Gasteiger partial charge in [-0.05, 0) is 92.3 Å². The predicted octanol–water partition coefficient (Wildman–Crippen LogP) is 12.7. The fourth-order valence-corrected chi connectivity index (χ4v) is 6.72. The quantitative estimate of drug-likeness (QED) is 0.186. The van der Waals surface area contributed by atoms with Crippen molar-refractivity contribution in [1.29, 1.82) is 0 Å². The number of rotatable bonds is 5. The van der Waals surface area contributed by atoms with Crippen LogP contribution in [0.3, 0.4) is 0 Å². The molecule has 2 nitrogen and oxygen atoms in total. The molecule has 0 radical (unpaired) electrons. The summed E-state index contributed by atoms with van der Waals surface area (Å²) in [6.07, 6.45) is 0. The lowest BCUT2D eigenvalue weighted by Crippen LogP contribution is -2.09. The van der Waals surface area contributed by atoms with E-state index in [-0.39, 0.29) is 0 Å². The molecular formula is C44H29NO. The third-order valence-corrected chi connectivity index (χ3v) is 9.04. The van der Waals surface area contributed by atoms with Crippen LogP contribution in [0.1, 0.15) is 0 Å². The number of hydrogen-bond acceptors (Lipinski definition) is 2. The molecule has 0 aliphatic carbocycles.